The van der Waals surface area contributed by atoms with Gasteiger partial charge < -0.3 is 5.11 Å². The molecule has 0 fully saturated rings. The zero-order valence-electron chi connectivity index (χ0n) is 8.01. The molecule has 0 bridgehead atoms. The second-order valence-corrected chi connectivity index (χ2v) is 5.72. The molecule has 84 valence electrons. The summed E-state index contributed by atoms with van der Waals surface area (Å²) in [4.78, 5) is -2.18. The third-order valence-corrected chi connectivity index (χ3v) is 3.51. The van der Waals surface area contributed by atoms with Crippen LogP contribution in [0.4, 0.5) is 0 Å². The monoisotopic (exact) mass is 250 g/mol. The van der Waals surface area contributed by atoms with Crippen molar-refractivity contribution in [2.75, 3.05) is 0 Å². The minimum atomic E-state index is -4.49. The molecule has 0 radical (unpaired) electrons. The standard InChI is InChI=1S/C9H11ClO4S/c1-9(11,15(12,13)14)6-7-2-4-8(10)5-3-7/h2-5,11H,6H2,1H3,(H,12,13,14). The van der Waals surface area contributed by atoms with Crippen LogP contribution in [0.25, 0.3) is 0 Å². The van der Waals surface area contributed by atoms with Crippen molar-refractivity contribution in [3.8, 4) is 0 Å². The van der Waals surface area contributed by atoms with Crippen LogP contribution in [0.5, 0.6) is 0 Å². The van der Waals surface area contributed by atoms with Gasteiger partial charge in [-0.15, -0.1) is 0 Å². The third kappa shape index (κ3) is 3.17. The van der Waals surface area contributed by atoms with Crippen molar-refractivity contribution in [2.45, 2.75) is 18.3 Å². The smallest absolute Gasteiger partial charge is 0.295 e. The van der Waals surface area contributed by atoms with E-state index in [0.717, 1.165) is 6.92 Å². The van der Waals surface area contributed by atoms with E-state index in [1.165, 1.54) is 0 Å². The molecule has 0 spiro atoms. The van der Waals surface area contributed by atoms with Gasteiger partial charge in [0.2, 0.25) is 0 Å². The molecule has 1 rings (SSSR count). The average molecular weight is 251 g/mol. The van der Waals surface area contributed by atoms with Crippen LogP contribution in [-0.4, -0.2) is 23.0 Å². The molecular formula is C9H11ClO4S. The first-order chi connectivity index (χ1) is 6.72. The summed E-state index contributed by atoms with van der Waals surface area (Å²) in [7, 11) is -4.49. The molecular weight excluding hydrogens is 240 g/mol. The van der Waals surface area contributed by atoms with Gasteiger partial charge in [-0.2, -0.15) is 8.42 Å². The van der Waals surface area contributed by atoms with Gasteiger partial charge in [-0.3, -0.25) is 4.55 Å². The van der Waals surface area contributed by atoms with E-state index in [1.54, 1.807) is 24.3 Å². The Morgan fingerprint density at radius 1 is 1.33 bits per heavy atom. The zero-order valence-corrected chi connectivity index (χ0v) is 9.59. The lowest BCUT2D eigenvalue weighted by atomic mass is 10.1. The maximum absolute atomic E-state index is 10.8. The lowest BCUT2D eigenvalue weighted by molar-refractivity contribution is 0.132. The van der Waals surface area contributed by atoms with Crippen molar-refractivity contribution in [3.63, 3.8) is 0 Å². The molecule has 0 aliphatic heterocycles. The van der Waals surface area contributed by atoms with Crippen molar-refractivity contribution in [1.82, 2.24) is 0 Å². The van der Waals surface area contributed by atoms with Gasteiger partial charge >= 0.3 is 0 Å². The third-order valence-electron chi connectivity index (χ3n) is 2.00. The average Bonchev–Trinajstić information content (AvgIpc) is 2.06. The highest BCUT2D eigenvalue weighted by Gasteiger charge is 2.35. The summed E-state index contributed by atoms with van der Waals surface area (Å²) < 4.78 is 30.4. The van der Waals surface area contributed by atoms with Gasteiger partial charge in [-0.25, -0.2) is 0 Å². The quantitative estimate of drug-likeness (QED) is 0.797. The molecule has 4 nitrogen and oxygen atoms in total. The molecule has 1 aromatic carbocycles. The predicted octanol–water partition coefficient (Wildman–Crippen LogP) is 1.48. The van der Waals surface area contributed by atoms with Crippen LogP contribution in [0.15, 0.2) is 24.3 Å². The predicted molar refractivity (Wildman–Crippen MR) is 57.3 cm³/mol. The number of halogens is 1. The first-order valence-electron chi connectivity index (χ1n) is 4.16. The normalized spacial score (nSPS) is 16.0. The van der Waals surface area contributed by atoms with Crippen LogP contribution in [0.2, 0.25) is 5.02 Å². The van der Waals surface area contributed by atoms with Crippen molar-refractivity contribution in [1.29, 1.82) is 0 Å². The van der Waals surface area contributed by atoms with Crippen molar-refractivity contribution < 1.29 is 18.1 Å². The minimum Gasteiger partial charge on any atom is -0.372 e. The number of hydrogen-bond donors (Lipinski definition) is 2. The lowest BCUT2D eigenvalue weighted by Crippen LogP contribution is -2.36. The van der Waals surface area contributed by atoms with E-state index in [-0.39, 0.29) is 6.42 Å². The van der Waals surface area contributed by atoms with Crippen molar-refractivity contribution in [3.05, 3.63) is 34.9 Å². The zero-order chi connectivity index (χ0) is 11.7. The van der Waals surface area contributed by atoms with Gasteiger partial charge in [0.05, 0.1) is 0 Å². The minimum absolute atomic E-state index is 0.191. The number of benzene rings is 1. The van der Waals surface area contributed by atoms with Gasteiger partial charge in [0.1, 0.15) is 0 Å². The fraction of sp³-hybridized carbons (Fsp3) is 0.333. The highest BCUT2D eigenvalue weighted by atomic mass is 35.5. The highest BCUT2D eigenvalue weighted by Crippen LogP contribution is 2.19. The second-order valence-electron chi connectivity index (χ2n) is 3.45. The van der Waals surface area contributed by atoms with Gasteiger partial charge in [0.25, 0.3) is 10.1 Å². The highest BCUT2D eigenvalue weighted by molar-refractivity contribution is 7.87. The Morgan fingerprint density at radius 2 is 1.80 bits per heavy atom. The fourth-order valence-electron chi connectivity index (χ4n) is 1.07. The van der Waals surface area contributed by atoms with Crippen LogP contribution in [0, 0.1) is 0 Å². The van der Waals surface area contributed by atoms with Crippen LogP contribution >= 0.6 is 11.6 Å². The van der Waals surface area contributed by atoms with Crippen LogP contribution in [0.1, 0.15) is 12.5 Å². The Morgan fingerprint density at radius 3 is 2.20 bits per heavy atom. The van der Waals surface area contributed by atoms with E-state index in [9.17, 15) is 13.5 Å². The molecule has 0 aromatic heterocycles. The second kappa shape index (κ2) is 4.09. The maximum atomic E-state index is 10.8. The molecule has 1 unspecified atom stereocenters. The van der Waals surface area contributed by atoms with Crippen molar-refractivity contribution in [2.24, 2.45) is 0 Å². The molecule has 2 N–H and O–H groups in total. The number of aliphatic hydroxyl groups is 1. The van der Waals surface area contributed by atoms with E-state index in [2.05, 4.69) is 0 Å². The maximum Gasteiger partial charge on any atom is 0.295 e. The summed E-state index contributed by atoms with van der Waals surface area (Å²) in [5.74, 6) is 0. The van der Waals surface area contributed by atoms with E-state index in [1.807, 2.05) is 0 Å². The van der Waals surface area contributed by atoms with E-state index < -0.39 is 15.1 Å². The molecule has 0 aliphatic rings. The molecule has 0 heterocycles. The van der Waals surface area contributed by atoms with Crippen LogP contribution in [0.3, 0.4) is 0 Å². The Bertz CT molecular complexity index is 436. The fourth-order valence-corrected chi connectivity index (χ4v) is 1.55. The summed E-state index contributed by atoms with van der Waals surface area (Å²) in [6.07, 6.45) is -0.191. The van der Waals surface area contributed by atoms with Gasteiger partial charge in [0, 0.05) is 11.4 Å². The number of hydrogen-bond acceptors (Lipinski definition) is 3. The van der Waals surface area contributed by atoms with Gasteiger partial charge in [-0.05, 0) is 24.6 Å². The van der Waals surface area contributed by atoms with E-state index in [0.29, 0.717) is 10.6 Å². The SMILES string of the molecule is CC(O)(Cc1ccc(Cl)cc1)S(=O)(=O)O. The van der Waals surface area contributed by atoms with Gasteiger partial charge in [0.15, 0.2) is 4.93 Å². The topological polar surface area (TPSA) is 74.6 Å². The molecule has 0 amide bonds. The molecule has 15 heavy (non-hydrogen) atoms. The molecule has 1 atom stereocenters. The Labute approximate surface area is 93.3 Å². The lowest BCUT2D eigenvalue weighted by Gasteiger charge is -2.19. The molecule has 6 heteroatoms. The summed E-state index contributed by atoms with van der Waals surface area (Å²) in [5, 5.41) is 10.0. The summed E-state index contributed by atoms with van der Waals surface area (Å²) in [5.41, 5.74) is 0.571. The summed E-state index contributed by atoms with van der Waals surface area (Å²) in [6.45, 7) is 1.04. The van der Waals surface area contributed by atoms with E-state index >= 15 is 0 Å². The summed E-state index contributed by atoms with van der Waals surface area (Å²) >= 11 is 5.64. The molecule has 1 aromatic rings. The van der Waals surface area contributed by atoms with Crippen molar-refractivity contribution >= 4 is 21.7 Å². The Balaban J connectivity index is 2.92. The number of rotatable bonds is 3. The first kappa shape index (κ1) is 12.4. The van der Waals surface area contributed by atoms with E-state index in [4.69, 9.17) is 16.2 Å². The molecule has 0 saturated carbocycles. The van der Waals surface area contributed by atoms with Gasteiger partial charge in [-0.1, -0.05) is 23.7 Å². The Kier molecular flexibility index (Phi) is 3.40. The molecule has 0 aliphatic carbocycles. The largest absolute Gasteiger partial charge is 0.372 e. The van der Waals surface area contributed by atoms with Crippen LogP contribution < -0.4 is 0 Å². The van der Waals surface area contributed by atoms with Crippen LogP contribution in [-0.2, 0) is 16.5 Å². The Hall–Kier alpha value is -0.620. The summed E-state index contributed by atoms with van der Waals surface area (Å²) in [6, 6.07) is 6.33. The molecule has 0 saturated heterocycles. The first-order valence-corrected chi connectivity index (χ1v) is 5.98.